The molecular weight excluding hydrogens is 1040 g/mol. The molecule has 77 heavy (non-hydrogen) atoms. The first-order valence-electron chi connectivity index (χ1n) is 24.4. The topological polar surface area (TPSA) is 307 Å². The van der Waals surface area contributed by atoms with Gasteiger partial charge in [-0.05, 0) is 66.1 Å². The standard InChI is InChI=1S/C54H58N6O15S2/c1-59(54(64)40-13-6-5-12-39(40)49-41-18-20-43(55)52(76(65,66)67)50(41)75-51-42(49)19-21-44(56)53(51)77(68,69)70)26-8-15-46(61)58-25-28-72-30-32-74-34-33-73-31-29-71-27-23-47(62)57-24-22-48(63)60-35-38-11-3-2-9-36(38)16-17-37-10-4-7-14-45(37)60/h2-7,9-14,18-21,55H,8,15,22-35,56H2,1H3,(H,57,62)(H,58,61)(H,65,66,67)(H,68,69,70). The zero-order valence-electron chi connectivity index (χ0n) is 42.0. The van der Waals surface area contributed by atoms with Gasteiger partial charge < -0.3 is 49.5 Å². The van der Waals surface area contributed by atoms with Gasteiger partial charge >= 0.3 is 0 Å². The molecule has 4 aromatic carbocycles. The van der Waals surface area contributed by atoms with Gasteiger partial charge in [0.1, 0.15) is 0 Å². The van der Waals surface area contributed by atoms with Gasteiger partial charge in [-0.3, -0.25) is 33.7 Å². The van der Waals surface area contributed by atoms with E-state index in [4.69, 9.17) is 34.5 Å². The molecule has 2 heterocycles. The van der Waals surface area contributed by atoms with Crippen LogP contribution in [0.1, 0.15) is 52.7 Å². The Morgan fingerprint density at radius 2 is 1.29 bits per heavy atom. The Hall–Kier alpha value is -7.53. The highest BCUT2D eigenvalue weighted by atomic mass is 32.2. The van der Waals surface area contributed by atoms with Crippen molar-refractivity contribution >= 4 is 66.2 Å². The van der Waals surface area contributed by atoms with Crippen LogP contribution in [0.4, 0.5) is 11.4 Å². The molecule has 0 saturated carbocycles. The van der Waals surface area contributed by atoms with Crippen LogP contribution in [-0.4, -0.2) is 134 Å². The Morgan fingerprint density at radius 3 is 2.00 bits per heavy atom. The maximum absolute atomic E-state index is 14.0. The molecule has 0 aromatic heterocycles. The van der Waals surface area contributed by atoms with Gasteiger partial charge in [0.05, 0.1) is 76.1 Å². The van der Waals surface area contributed by atoms with E-state index < -0.39 is 58.3 Å². The molecule has 3 aliphatic rings. The fraction of sp³-hybridized carbons (Fsp3) is 0.315. The zero-order chi connectivity index (χ0) is 55.1. The summed E-state index contributed by atoms with van der Waals surface area (Å²) in [6.07, 6.45) is 0.623. The highest BCUT2D eigenvalue weighted by molar-refractivity contribution is 7.86. The van der Waals surface area contributed by atoms with Crippen LogP contribution >= 0.6 is 0 Å². The smallest absolute Gasteiger partial charge is 0.300 e. The molecule has 1 aliphatic carbocycles. The molecular formula is C54H58N6O15S2. The fourth-order valence-electron chi connectivity index (χ4n) is 8.49. The molecule has 0 fully saturated rings. The lowest BCUT2D eigenvalue weighted by molar-refractivity contribution is -0.123. The van der Waals surface area contributed by atoms with Gasteiger partial charge in [-0.15, -0.1) is 0 Å². The minimum Gasteiger partial charge on any atom is -0.453 e. The third-order valence-corrected chi connectivity index (χ3v) is 14.0. The predicted molar refractivity (Wildman–Crippen MR) is 283 cm³/mol. The first kappa shape index (κ1) is 57.2. The highest BCUT2D eigenvalue weighted by Gasteiger charge is 2.32. The van der Waals surface area contributed by atoms with Crippen molar-refractivity contribution < 1.29 is 68.5 Å². The number of fused-ring (bicyclic) bond motifs is 4. The normalized spacial score (nSPS) is 12.2. The SMILES string of the molecule is CN(CCCC(=O)NCCOCCOCCOCCOCCC(=O)NCCC(=O)N1Cc2ccccc2C#Cc2ccccc21)C(=O)c1ccccc1-c1c2ccc(=N)c(S(=O)(=O)O)c-2oc2c(S(=O)(=O)O)c(N)ccc12. The van der Waals surface area contributed by atoms with E-state index >= 15 is 0 Å². The van der Waals surface area contributed by atoms with E-state index in [1.807, 2.05) is 48.5 Å². The third-order valence-electron chi connectivity index (χ3n) is 12.2. The molecule has 0 radical (unpaired) electrons. The number of anilines is 2. The van der Waals surface area contributed by atoms with E-state index in [-0.39, 0.29) is 117 Å². The van der Waals surface area contributed by atoms with Crippen LogP contribution in [0.25, 0.3) is 33.4 Å². The molecule has 7 N–H and O–H groups in total. The van der Waals surface area contributed by atoms with Crippen LogP contribution < -0.4 is 26.6 Å². The molecule has 21 nitrogen and oxygen atoms in total. The van der Waals surface area contributed by atoms with Gasteiger partial charge in [0, 0.05) is 79.1 Å². The van der Waals surface area contributed by atoms with Gasteiger partial charge in [0.25, 0.3) is 26.1 Å². The van der Waals surface area contributed by atoms with Crippen molar-refractivity contribution in [2.45, 2.75) is 42.0 Å². The number of amides is 4. The number of hydrogen-bond acceptors (Lipinski definition) is 15. The summed E-state index contributed by atoms with van der Waals surface area (Å²) >= 11 is 0. The van der Waals surface area contributed by atoms with Gasteiger partial charge in [0.2, 0.25) is 17.7 Å². The minimum atomic E-state index is -5.14. The van der Waals surface area contributed by atoms with Crippen LogP contribution in [-0.2, 0) is 60.1 Å². The number of benzene rings is 5. The third kappa shape index (κ3) is 14.9. The quantitative estimate of drug-likeness (QED) is 0.0142. The fourth-order valence-corrected chi connectivity index (χ4v) is 9.97. The van der Waals surface area contributed by atoms with E-state index in [1.165, 1.54) is 42.3 Å². The molecule has 0 atom stereocenters. The largest absolute Gasteiger partial charge is 0.453 e. The lowest BCUT2D eigenvalue weighted by atomic mass is 9.90. The summed E-state index contributed by atoms with van der Waals surface area (Å²) in [6.45, 7) is 3.20. The van der Waals surface area contributed by atoms with Crippen LogP contribution in [0.5, 0.6) is 0 Å². The number of nitrogen functional groups attached to an aromatic ring is 1. The first-order valence-corrected chi connectivity index (χ1v) is 27.3. The van der Waals surface area contributed by atoms with Gasteiger partial charge in [-0.25, -0.2) is 0 Å². The second kappa shape index (κ2) is 26.5. The van der Waals surface area contributed by atoms with Gasteiger partial charge in [-0.2, -0.15) is 16.8 Å². The molecule has 0 bridgehead atoms. The maximum atomic E-state index is 14.0. The second-order valence-corrected chi connectivity index (χ2v) is 20.3. The maximum Gasteiger partial charge on any atom is 0.300 e. The molecule has 23 heteroatoms. The van der Waals surface area contributed by atoms with Crippen molar-refractivity contribution in [1.82, 2.24) is 15.5 Å². The molecule has 4 amide bonds. The molecule has 0 unspecified atom stereocenters. The predicted octanol–water partition coefficient (Wildman–Crippen LogP) is 4.64. The number of nitrogens with two attached hydrogens (primary N) is 1. The number of nitrogens with zero attached hydrogens (tertiary/aromatic N) is 2. The van der Waals surface area contributed by atoms with Gasteiger partial charge in [-0.1, -0.05) is 60.4 Å². The number of carbonyl (C=O) groups excluding carboxylic acids is 4. The monoisotopic (exact) mass is 1090 g/mol. The number of ether oxygens (including phenoxy) is 4. The summed E-state index contributed by atoms with van der Waals surface area (Å²) in [7, 11) is -8.71. The van der Waals surface area contributed by atoms with Crippen molar-refractivity contribution in [2.75, 3.05) is 90.2 Å². The average molecular weight is 1100 g/mol. The Bertz CT molecular complexity index is 3470. The van der Waals surface area contributed by atoms with Crippen molar-refractivity contribution in [3.63, 3.8) is 0 Å². The van der Waals surface area contributed by atoms with Crippen molar-refractivity contribution in [3.05, 3.63) is 125 Å². The lowest BCUT2D eigenvalue weighted by Crippen LogP contribution is -2.35. The summed E-state index contributed by atoms with van der Waals surface area (Å²) in [4.78, 5) is 53.7. The van der Waals surface area contributed by atoms with E-state index in [0.717, 1.165) is 28.4 Å². The van der Waals surface area contributed by atoms with Crippen molar-refractivity contribution in [3.8, 4) is 34.3 Å². The molecule has 7 rings (SSSR count). The van der Waals surface area contributed by atoms with Crippen LogP contribution in [0.2, 0.25) is 0 Å². The van der Waals surface area contributed by atoms with E-state index in [1.54, 1.807) is 17.0 Å². The zero-order valence-corrected chi connectivity index (χ0v) is 43.7. The molecule has 4 aromatic rings. The number of nitrogens with one attached hydrogen (secondary N) is 3. The van der Waals surface area contributed by atoms with E-state index in [2.05, 4.69) is 22.5 Å². The number of hydrogen-bond donors (Lipinski definition) is 6. The molecule has 2 aliphatic heterocycles. The Labute approximate surface area is 445 Å². The highest BCUT2D eigenvalue weighted by Crippen LogP contribution is 2.45. The summed E-state index contributed by atoms with van der Waals surface area (Å²) in [5.74, 6) is 4.65. The summed E-state index contributed by atoms with van der Waals surface area (Å²) in [5, 5.41) is 13.1. The summed E-state index contributed by atoms with van der Waals surface area (Å²) < 4.78 is 98.4. The van der Waals surface area contributed by atoms with E-state index in [9.17, 15) is 45.1 Å². The molecule has 0 spiro atoms. The van der Waals surface area contributed by atoms with Crippen molar-refractivity contribution in [1.29, 1.82) is 5.41 Å². The number of rotatable bonds is 26. The second-order valence-electron chi connectivity index (χ2n) is 17.5. The van der Waals surface area contributed by atoms with E-state index in [0.29, 0.717) is 33.0 Å². The van der Waals surface area contributed by atoms with Crippen molar-refractivity contribution in [2.24, 2.45) is 0 Å². The number of para-hydroxylation sites is 1. The minimum absolute atomic E-state index is 0.00940. The van der Waals surface area contributed by atoms with Gasteiger partial charge in [0.15, 0.2) is 21.1 Å². The van der Waals surface area contributed by atoms with Crippen LogP contribution in [0.3, 0.4) is 0 Å². The molecule has 0 saturated heterocycles. The first-order chi connectivity index (χ1) is 36.9. The molecule has 406 valence electrons. The van der Waals surface area contributed by atoms with Crippen LogP contribution in [0.15, 0.2) is 111 Å². The van der Waals surface area contributed by atoms with Crippen LogP contribution in [0, 0.1) is 17.3 Å². The summed E-state index contributed by atoms with van der Waals surface area (Å²) in [6, 6.07) is 26.5. The lowest BCUT2D eigenvalue weighted by Gasteiger charge is -2.26. The summed E-state index contributed by atoms with van der Waals surface area (Å²) in [5.41, 5.74) is 8.62. The Morgan fingerprint density at radius 1 is 0.688 bits per heavy atom. The Kier molecular flexibility index (Phi) is 19.7. The average Bonchev–Trinajstić information content (AvgIpc) is 3.44. The number of carbonyl (C=O) groups is 4. The Balaban J connectivity index is 0.746.